The molecule has 2 aromatic rings. The van der Waals surface area contributed by atoms with Crippen molar-refractivity contribution >= 4 is 5.91 Å². The van der Waals surface area contributed by atoms with Gasteiger partial charge >= 0.3 is 0 Å². The van der Waals surface area contributed by atoms with Crippen molar-refractivity contribution in [2.45, 2.75) is 85.6 Å². The topological polar surface area (TPSA) is 49.3 Å². The Kier molecular flexibility index (Phi) is 6.82. The second-order valence-corrected chi connectivity index (χ2v) is 10.2. The summed E-state index contributed by atoms with van der Waals surface area (Å²) in [6, 6.07) is 10.4. The molecular formula is C26H37NO2. The Balaban J connectivity index is 2.10. The molecule has 0 bridgehead atoms. The summed E-state index contributed by atoms with van der Waals surface area (Å²) in [4.78, 5) is 12.4. The summed E-state index contributed by atoms with van der Waals surface area (Å²) in [5.74, 6) is 0.430. The highest BCUT2D eigenvalue weighted by molar-refractivity contribution is 5.76. The van der Waals surface area contributed by atoms with E-state index >= 15 is 0 Å². The van der Waals surface area contributed by atoms with Crippen LogP contribution >= 0.6 is 0 Å². The zero-order valence-corrected chi connectivity index (χ0v) is 19.4. The lowest BCUT2D eigenvalue weighted by atomic mass is 9.78. The number of carbonyl (C=O) groups excluding carboxylic acids is 1. The lowest BCUT2D eigenvalue weighted by Crippen LogP contribution is -2.23. The maximum absolute atomic E-state index is 12.4. The van der Waals surface area contributed by atoms with Gasteiger partial charge in [-0.1, -0.05) is 71.9 Å². The highest BCUT2D eigenvalue weighted by Crippen LogP contribution is 2.39. The Morgan fingerprint density at radius 2 is 1.41 bits per heavy atom. The summed E-state index contributed by atoms with van der Waals surface area (Å²) in [7, 11) is 0. The first-order valence-electron chi connectivity index (χ1n) is 10.5. The van der Waals surface area contributed by atoms with E-state index in [-0.39, 0.29) is 16.7 Å². The highest BCUT2D eigenvalue weighted by atomic mass is 16.3. The average Bonchev–Trinajstić information content (AvgIpc) is 2.59. The zero-order chi connectivity index (χ0) is 22.0. The predicted octanol–water partition coefficient (Wildman–Crippen LogP) is 5.85. The Morgan fingerprint density at radius 1 is 0.862 bits per heavy atom. The molecule has 158 valence electrons. The fraction of sp³-hybridized carbons (Fsp3) is 0.500. The minimum Gasteiger partial charge on any atom is -0.507 e. The van der Waals surface area contributed by atoms with Gasteiger partial charge in [0.1, 0.15) is 5.75 Å². The number of phenolic OH excluding ortho intramolecular Hbond substituents is 1. The molecule has 0 aliphatic rings. The fourth-order valence-electron chi connectivity index (χ4n) is 3.44. The van der Waals surface area contributed by atoms with E-state index in [2.05, 4.69) is 91.0 Å². The molecule has 0 spiro atoms. The van der Waals surface area contributed by atoms with Crippen LogP contribution in [-0.2, 0) is 28.6 Å². The maximum atomic E-state index is 12.4. The molecule has 0 atom stereocenters. The SMILES string of the molecule is Cc1ccc(CNC(=O)CCc2cc(C(C)(C)C)c(O)c(C(C)(C)C)c2)cc1C. The van der Waals surface area contributed by atoms with Crippen LogP contribution in [0.25, 0.3) is 0 Å². The Morgan fingerprint density at radius 3 is 1.90 bits per heavy atom. The standard InChI is InChI=1S/C26H37NO2/c1-17-9-10-20(13-18(17)2)16-27-23(28)12-11-19-14-21(25(3,4)5)24(29)22(15-19)26(6,7)8/h9-10,13-15,29H,11-12,16H2,1-8H3,(H,27,28). The molecule has 1 amide bonds. The van der Waals surface area contributed by atoms with Gasteiger partial charge in [0.2, 0.25) is 5.91 Å². The molecule has 2 rings (SSSR count). The molecule has 0 unspecified atom stereocenters. The lowest BCUT2D eigenvalue weighted by Gasteiger charge is -2.28. The first-order chi connectivity index (χ1) is 13.3. The molecule has 0 heterocycles. The third-order valence-electron chi connectivity index (χ3n) is 5.49. The van der Waals surface area contributed by atoms with Crippen LogP contribution in [0.4, 0.5) is 0 Å². The monoisotopic (exact) mass is 395 g/mol. The van der Waals surface area contributed by atoms with Gasteiger partial charge in [-0.15, -0.1) is 0 Å². The van der Waals surface area contributed by atoms with Crippen LogP contribution in [0, 0.1) is 13.8 Å². The van der Waals surface area contributed by atoms with Crippen molar-refractivity contribution in [3.63, 3.8) is 0 Å². The van der Waals surface area contributed by atoms with Crippen LogP contribution in [-0.4, -0.2) is 11.0 Å². The number of aromatic hydroxyl groups is 1. The lowest BCUT2D eigenvalue weighted by molar-refractivity contribution is -0.121. The number of phenols is 1. The molecule has 0 fully saturated rings. The molecular weight excluding hydrogens is 358 g/mol. The van der Waals surface area contributed by atoms with E-state index in [1.807, 2.05) is 0 Å². The van der Waals surface area contributed by atoms with Crippen molar-refractivity contribution in [1.29, 1.82) is 0 Å². The van der Waals surface area contributed by atoms with Crippen molar-refractivity contribution in [3.8, 4) is 5.75 Å². The van der Waals surface area contributed by atoms with Gasteiger partial charge < -0.3 is 10.4 Å². The molecule has 3 nitrogen and oxygen atoms in total. The number of nitrogens with one attached hydrogen (secondary N) is 1. The number of aryl methyl sites for hydroxylation is 3. The highest BCUT2D eigenvalue weighted by Gasteiger charge is 2.26. The molecule has 3 heteroatoms. The molecule has 0 saturated heterocycles. The number of rotatable bonds is 5. The van der Waals surface area contributed by atoms with Crippen LogP contribution < -0.4 is 5.32 Å². The van der Waals surface area contributed by atoms with Gasteiger partial charge in [0.25, 0.3) is 0 Å². The van der Waals surface area contributed by atoms with Gasteiger partial charge in [0.15, 0.2) is 0 Å². The van der Waals surface area contributed by atoms with Crippen molar-refractivity contribution < 1.29 is 9.90 Å². The van der Waals surface area contributed by atoms with Gasteiger partial charge in [-0.25, -0.2) is 0 Å². The minimum atomic E-state index is -0.161. The Hall–Kier alpha value is -2.29. The summed E-state index contributed by atoms with van der Waals surface area (Å²) in [5, 5.41) is 13.9. The van der Waals surface area contributed by atoms with E-state index < -0.39 is 0 Å². The second kappa shape index (κ2) is 8.61. The number of hydrogen-bond donors (Lipinski definition) is 2. The van der Waals surface area contributed by atoms with Gasteiger partial charge in [-0.3, -0.25) is 4.79 Å². The Bertz CT molecular complexity index is 848. The summed E-state index contributed by atoms with van der Waals surface area (Å²) >= 11 is 0. The number of hydrogen-bond acceptors (Lipinski definition) is 2. The van der Waals surface area contributed by atoms with Crippen LogP contribution in [0.3, 0.4) is 0 Å². The first-order valence-corrected chi connectivity index (χ1v) is 10.5. The van der Waals surface area contributed by atoms with E-state index in [4.69, 9.17) is 0 Å². The van der Waals surface area contributed by atoms with E-state index in [9.17, 15) is 9.90 Å². The second-order valence-electron chi connectivity index (χ2n) is 10.2. The zero-order valence-electron chi connectivity index (χ0n) is 19.4. The third-order valence-corrected chi connectivity index (χ3v) is 5.49. The molecule has 29 heavy (non-hydrogen) atoms. The summed E-state index contributed by atoms with van der Waals surface area (Å²) in [6.45, 7) is 17.4. The van der Waals surface area contributed by atoms with Gasteiger partial charge in [0, 0.05) is 13.0 Å². The van der Waals surface area contributed by atoms with E-state index in [0.29, 0.717) is 25.1 Å². The summed E-state index contributed by atoms with van der Waals surface area (Å²) in [6.07, 6.45) is 1.09. The van der Waals surface area contributed by atoms with Crippen molar-refractivity contribution in [2.75, 3.05) is 0 Å². The van der Waals surface area contributed by atoms with E-state index in [1.54, 1.807) is 0 Å². The smallest absolute Gasteiger partial charge is 0.220 e. The molecule has 0 saturated carbocycles. The first kappa shape index (κ1) is 23.0. The van der Waals surface area contributed by atoms with Gasteiger partial charge in [-0.05, 0) is 64.5 Å². The number of benzene rings is 2. The average molecular weight is 396 g/mol. The van der Waals surface area contributed by atoms with Gasteiger partial charge in [0.05, 0.1) is 0 Å². The van der Waals surface area contributed by atoms with Gasteiger partial charge in [-0.2, -0.15) is 0 Å². The van der Waals surface area contributed by atoms with Crippen LogP contribution in [0.15, 0.2) is 30.3 Å². The normalized spacial score (nSPS) is 12.1. The fourth-order valence-corrected chi connectivity index (χ4v) is 3.44. The number of carbonyl (C=O) groups is 1. The molecule has 0 aromatic heterocycles. The quantitative estimate of drug-likeness (QED) is 0.667. The molecule has 0 radical (unpaired) electrons. The maximum Gasteiger partial charge on any atom is 0.220 e. The van der Waals surface area contributed by atoms with Crippen LogP contribution in [0.1, 0.15) is 81.3 Å². The minimum absolute atomic E-state index is 0.0471. The van der Waals surface area contributed by atoms with E-state index in [1.165, 1.54) is 11.1 Å². The Labute approximate surface area is 176 Å². The largest absolute Gasteiger partial charge is 0.507 e. The molecule has 2 N–H and O–H groups in total. The molecule has 2 aromatic carbocycles. The summed E-state index contributed by atoms with van der Waals surface area (Å²) in [5.41, 5.74) is 6.28. The molecule has 0 aliphatic carbocycles. The molecule has 0 aliphatic heterocycles. The third kappa shape index (κ3) is 6.09. The van der Waals surface area contributed by atoms with E-state index in [0.717, 1.165) is 22.3 Å². The van der Waals surface area contributed by atoms with Crippen LogP contribution in [0.5, 0.6) is 5.75 Å². The predicted molar refractivity (Wildman–Crippen MR) is 122 cm³/mol. The summed E-state index contributed by atoms with van der Waals surface area (Å²) < 4.78 is 0. The van der Waals surface area contributed by atoms with Crippen molar-refractivity contribution in [1.82, 2.24) is 5.32 Å². The van der Waals surface area contributed by atoms with Crippen LogP contribution in [0.2, 0.25) is 0 Å². The van der Waals surface area contributed by atoms with Crippen molar-refractivity contribution in [2.24, 2.45) is 0 Å². The van der Waals surface area contributed by atoms with Crippen molar-refractivity contribution in [3.05, 3.63) is 63.7 Å². The number of amides is 1.